The van der Waals surface area contributed by atoms with Crippen molar-refractivity contribution in [1.29, 1.82) is 0 Å². The number of amides is 2. The number of fused-ring (bicyclic) bond motifs is 3. The minimum atomic E-state index is -0.919. The fourth-order valence-electron chi connectivity index (χ4n) is 5.94. The first kappa shape index (κ1) is 23.8. The van der Waals surface area contributed by atoms with E-state index in [1.165, 1.54) is 29.1 Å². The zero-order valence-corrected chi connectivity index (χ0v) is 21.8. The molecule has 36 heavy (non-hydrogen) atoms. The van der Waals surface area contributed by atoms with Gasteiger partial charge in [-0.25, -0.2) is 9.78 Å². The average molecular weight is 527 g/mol. The molecule has 3 aromatic heterocycles. The van der Waals surface area contributed by atoms with Crippen LogP contribution in [0.2, 0.25) is 0 Å². The number of nitrogens with one attached hydrogen (secondary N) is 3. The molecule has 3 aliphatic rings. The van der Waals surface area contributed by atoms with E-state index in [0.717, 1.165) is 61.2 Å². The highest BCUT2D eigenvalue weighted by Crippen LogP contribution is 2.46. The molecule has 1 saturated heterocycles. The summed E-state index contributed by atoms with van der Waals surface area (Å²) in [6.45, 7) is 5.15. The molecule has 2 fully saturated rings. The summed E-state index contributed by atoms with van der Waals surface area (Å²) >= 11 is 3.05. The maximum Gasteiger partial charge on any atom is 0.407 e. The Labute approximate surface area is 217 Å². The third kappa shape index (κ3) is 4.49. The number of pyridine rings is 1. The Morgan fingerprint density at radius 2 is 2.06 bits per heavy atom. The first-order valence-corrected chi connectivity index (χ1v) is 14.2. The van der Waals surface area contributed by atoms with Crippen molar-refractivity contribution in [2.24, 2.45) is 11.8 Å². The average Bonchev–Trinajstić information content (AvgIpc) is 3.59. The molecule has 5 heterocycles. The summed E-state index contributed by atoms with van der Waals surface area (Å²) in [6.07, 6.45) is 5.95. The van der Waals surface area contributed by atoms with Gasteiger partial charge in [0, 0.05) is 41.7 Å². The molecule has 0 aromatic carbocycles. The van der Waals surface area contributed by atoms with Gasteiger partial charge >= 0.3 is 6.09 Å². The molecule has 0 radical (unpaired) electrons. The van der Waals surface area contributed by atoms with E-state index in [0.29, 0.717) is 32.0 Å². The van der Waals surface area contributed by atoms with Crippen LogP contribution in [0.5, 0.6) is 0 Å². The highest BCUT2D eigenvalue weighted by Gasteiger charge is 2.37. The predicted octanol–water partition coefficient (Wildman–Crippen LogP) is 3.76. The third-order valence-electron chi connectivity index (χ3n) is 7.78. The van der Waals surface area contributed by atoms with Gasteiger partial charge in [0.05, 0.1) is 17.4 Å². The fourth-order valence-corrected chi connectivity index (χ4v) is 8.26. The number of nitrogens with zero attached hydrogens (tertiary/aromatic N) is 3. The molecular weight excluding hydrogens is 496 g/mol. The van der Waals surface area contributed by atoms with Gasteiger partial charge in [-0.3, -0.25) is 9.78 Å². The van der Waals surface area contributed by atoms with Crippen LogP contribution in [0.15, 0.2) is 18.5 Å². The molecule has 1 aliphatic carbocycles. The number of carboxylic acid groups (broad SMARTS) is 1. The first-order chi connectivity index (χ1) is 17.5. The molecule has 2 aliphatic heterocycles. The van der Waals surface area contributed by atoms with Crippen molar-refractivity contribution in [3.05, 3.63) is 28.9 Å². The highest BCUT2D eigenvalue weighted by atomic mass is 32.1. The Morgan fingerprint density at radius 3 is 2.81 bits per heavy atom. The van der Waals surface area contributed by atoms with Crippen molar-refractivity contribution in [3.63, 3.8) is 0 Å². The van der Waals surface area contributed by atoms with Crippen molar-refractivity contribution < 1.29 is 14.7 Å². The summed E-state index contributed by atoms with van der Waals surface area (Å²) in [5, 5.41) is 21.5. The number of anilines is 1. The molecular formula is C25H30N6O3S2. The Kier molecular flexibility index (Phi) is 6.40. The van der Waals surface area contributed by atoms with E-state index in [9.17, 15) is 14.7 Å². The van der Waals surface area contributed by atoms with Crippen molar-refractivity contribution in [1.82, 2.24) is 25.5 Å². The monoisotopic (exact) mass is 526 g/mol. The minimum Gasteiger partial charge on any atom is -0.465 e. The van der Waals surface area contributed by atoms with Crippen LogP contribution in [-0.2, 0) is 17.8 Å². The number of thiazole rings is 1. The van der Waals surface area contributed by atoms with Gasteiger partial charge in [-0.2, -0.15) is 0 Å². The summed E-state index contributed by atoms with van der Waals surface area (Å²) in [4.78, 5) is 36.2. The lowest BCUT2D eigenvalue weighted by molar-refractivity contribution is -0.116. The predicted molar refractivity (Wildman–Crippen MR) is 142 cm³/mol. The van der Waals surface area contributed by atoms with Gasteiger partial charge in [0.2, 0.25) is 5.91 Å². The van der Waals surface area contributed by atoms with Crippen LogP contribution in [0.25, 0.3) is 20.8 Å². The van der Waals surface area contributed by atoms with Gasteiger partial charge in [0.1, 0.15) is 15.5 Å². The maximum absolute atomic E-state index is 13.0. The normalized spacial score (nSPS) is 25.2. The quantitative estimate of drug-likeness (QED) is 0.386. The van der Waals surface area contributed by atoms with Crippen molar-refractivity contribution >= 4 is 49.9 Å². The Morgan fingerprint density at radius 1 is 1.25 bits per heavy atom. The third-order valence-corrected chi connectivity index (χ3v) is 9.96. The summed E-state index contributed by atoms with van der Waals surface area (Å²) in [6, 6.07) is 2.30. The molecule has 1 unspecified atom stereocenters. The molecule has 2 amide bonds. The number of carbonyl (C=O) groups is 2. The molecule has 0 spiro atoms. The summed E-state index contributed by atoms with van der Waals surface area (Å²) in [7, 11) is 0. The van der Waals surface area contributed by atoms with E-state index < -0.39 is 6.09 Å². The van der Waals surface area contributed by atoms with Crippen LogP contribution in [0.4, 0.5) is 9.80 Å². The minimum absolute atomic E-state index is 0.0341. The zero-order valence-electron chi connectivity index (χ0n) is 20.1. The first-order valence-electron chi connectivity index (χ1n) is 12.5. The second-order valence-corrected chi connectivity index (χ2v) is 12.3. The van der Waals surface area contributed by atoms with Gasteiger partial charge < -0.3 is 26.0 Å². The number of rotatable bonds is 6. The van der Waals surface area contributed by atoms with E-state index in [1.54, 1.807) is 23.7 Å². The zero-order chi connectivity index (χ0) is 24.8. The summed E-state index contributed by atoms with van der Waals surface area (Å²) in [5.41, 5.74) is 2.86. The fraction of sp³-hybridized carbons (Fsp3) is 0.520. The SMILES string of the molecule is C[C@@H]1Cc2c(sc(NC(=O)CCNC3C[C@H]4CNC[C@H]4C3)c2-c2nc3cnccc3s2)CN1C(=O)O. The van der Waals surface area contributed by atoms with Crippen LogP contribution >= 0.6 is 22.7 Å². The number of hydrogen-bond donors (Lipinski definition) is 4. The van der Waals surface area contributed by atoms with Gasteiger partial charge in [0.25, 0.3) is 0 Å². The molecule has 190 valence electrons. The van der Waals surface area contributed by atoms with E-state index >= 15 is 0 Å². The van der Waals surface area contributed by atoms with Gasteiger partial charge in [-0.05, 0) is 62.7 Å². The van der Waals surface area contributed by atoms with Gasteiger partial charge in [-0.15, -0.1) is 22.7 Å². The number of hydrogen-bond acceptors (Lipinski definition) is 8. The molecule has 3 aromatic rings. The number of thiophene rings is 1. The van der Waals surface area contributed by atoms with Crippen LogP contribution in [0.1, 0.15) is 36.6 Å². The number of carbonyl (C=O) groups excluding carboxylic acids is 1. The maximum atomic E-state index is 13.0. The smallest absolute Gasteiger partial charge is 0.407 e. The molecule has 6 rings (SSSR count). The van der Waals surface area contributed by atoms with Crippen LogP contribution in [0.3, 0.4) is 0 Å². The van der Waals surface area contributed by atoms with E-state index in [1.807, 2.05) is 13.0 Å². The van der Waals surface area contributed by atoms with Gasteiger partial charge in [0.15, 0.2) is 0 Å². The van der Waals surface area contributed by atoms with Crippen molar-refractivity contribution in [3.8, 4) is 10.6 Å². The van der Waals surface area contributed by atoms with E-state index in [4.69, 9.17) is 4.98 Å². The van der Waals surface area contributed by atoms with E-state index in [2.05, 4.69) is 20.9 Å². The molecule has 0 bridgehead atoms. The Hall–Kier alpha value is -2.60. The largest absolute Gasteiger partial charge is 0.465 e. The topological polar surface area (TPSA) is 119 Å². The lowest BCUT2D eigenvalue weighted by atomic mass is 9.98. The summed E-state index contributed by atoms with van der Waals surface area (Å²) in [5.74, 6) is 1.51. The highest BCUT2D eigenvalue weighted by molar-refractivity contribution is 7.22. The van der Waals surface area contributed by atoms with Crippen LogP contribution in [-0.4, -0.2) is 63.7 Å². The lowest BCUT2D eigenvalue weighted by Crippen LogP contribution is -2.41. The number of aromatic nitrogens is 2. The van der Waals surface area contributed by atoms with Crippen molar-refractivity contribution in [2.45, 2.75) is 51.2 Å². The Bertz CT molecular complexity index is 1260. The summed E-state index contributed by atoms with van der Waals surface area (Å²) < 4.78 is 1.04. The molecule has 9 nitrogen and oxygen atoms in total. The second-order valence-electron chi connectivity index (χ2n) is 10.1. The molecule has 1 saturated carbocycles. The second kappa shape index (κ2) is 9.70. The molecule has 4 N–H and O–H groups in total. The van der Waals surface area contributed by atoms with Crippen LogP contribution in [0, 0.1) is 11.8 Å². The standard InChI is InChI=1S/C25H30N6O3S2/c1-13-6-17-20(12-31(13)25(33)34)36-24(22(17)23-29-18-11-26-4-2-19(18)35-23)30-21(32)3-5-28-16-7-14-9-27-10-15(14)8-16/h2,4,11,13-16,27-28H,3,5-10,12H2,1H3,(H,30,32)(H,33,34)/t13-,14-,15+,16?/m1/s1. The molecule has 4 atom stereocenters. The Balaban J connectivity index is 1.21. The van der Waals surface area contributed by atoms with Crippen LogP contribution < -0.4 is 16.0 Å². The lowest BCUT2D eigenvalue weighted by Gasteiger charge is -2.31. The molecule has 11 heteroatoms. The van der Waals surface area contributed by atoms with Gasteiger partial charge in [-0.1, -0.05) is 0 Å². The van der Waals surface area contributed by atoms with E-state index in [-0.39, 0.29) is 11.9 Å². The van der Waals surface area contributed by atoms with Crippen molar-refractivity contribution in [2.75, 3.05) is 25.0 Å².